The molecular formula is C25H20N4O5S. The lowest BCUT2D eigenvalue weighted by Gasteiger charge is -2.09. The summed E-state index contributed by atoms with van der Waals surface area (Å²) in [6.07, 6.45) is 2.86. The zero-order valence-electron chi connectivity index (χ0n) is 18.5. The molecule has 0 aliphatic rings. The van der Waals surface area contributed by atoms with Gasteiger partial charge in [-0.15, -0.1) is 0 Å². The number of carbonyl (C=O) groups excluding carboxylic acids is 2. The molecule has 0 fully saturated rings. The Kier molecular flexibility index (Phi) is 6.83. The molecule has 0 saturated carbocycles. The van der Waals surface area contributed by atoms with Crippen molar-refractivity contribution in [3.63, 3.8) is 0 Å². The zero-order valence-corrected chi connectivity index (χ0v) is 19.3. The number of esters is 1. The second-order valence-corrected chi connectivity index (χ2v) is 9.03. The smallest absolute Gasteiger partial charge is 0.308 e. The van der Waals surface area contributed by atoms with E-state index in [1.54, 1.807) is 30.3 Å². The molecule has 9 nitrogen and oxygen atoms in total. The SMILES string of the molecule is CC(=O)Oc1ccc(-c2ccc(C(=O)Nc3ccc(S(=O)(=O)Nc4ncccn4)cc3)cc2)cc1. The van der Waals surface area contributed by atoms with E-state index in [1.165, 1.54) is 43.6 Å². The largest absolute Gasteiger partial charge is 0.427 e. The minimum atomic E-state index is -3.86. The van der Waals surface area contributed by atoms with Crippen LogP contribution in [0.4, 0.5) is 11.6 Å². The number of aromatic nitrogens is 2. The summed E-state index contributed by atoms with van der Waals surface area (Å²) < 4.78 is 32.3. The number of hydrogen-bond donors (Lipinski definition) is 2. The second kappa shape index (κ2) is 10.1. The molecule has 0 bridgehead atoms. The van der Waals surface area contributed by atoms with Gasteiger partial charge in [-0.25, -0.2) is 23.1 Å². The van der Waals surface area contributed by atoms with Gasteiger partial charge in [-0.3, -0.25) is 9.59 Å². The topological polar surface area (TPSA) is 127 Å². The number of hydrogen-bond acceptors (Lipinski definition) is 7. The highest BCUT2D eigenvalue weighted by molar-refractivity contribution is 7.92. The number of anilines is 2. The van der Waals surface area contributed by atoms with Gasteiger partial charge in [0.05, 0.1) is 4.90 Å². The normalized spacial score (nSPS) is 10.9. The van der Waals surface area contributed by atoms with Crippen molar-refractivity contribution in [1.29, 1.82) is 0 Å². The van der Waals surface area contributed by atoms with Gasteiger partial charge in [0.15, 0.2) is 0 Å². The lowest BCUT2D eigenvalue weighted by atomic mass is 10.0. The fourth-order valence-corrected chi connectivity index (χ4v) is 4.11. The molecule has 4 rings (SSSR count). The van der Waals surface area contributed by atoms with Crippen LogP contribution in [0.3, 0.4) is 0 Å². The predicted octanol–water partition coefficient (Wildman–Crippen LogP) is 4.12. The molecule has 1 aromatic heterocycles. The highest BCUT2D eigenvalue weighted by Crippen LogP contribution is 2.23. The molecule has 0 spiro atoms. The Labute approximate surface area is 201 Å². The third-order valence-electron chi connectivity index (χ3n) is 4.81. The average molecular weight is 489 g/mol. The minimum absolute atomic E-state index is 0.00651. The molecule has 176 valence electrons. The van der Waals surface area contributed by atoms with Gasteiger partial charge in [-0.1, -0.05) is 24.3 Å². The van der Waals surface area contributed by atoms with Crippen LogP contribution in [0.25, 0.3) is 11.1 Å². The number of carbonyl (C=O) groups is 2. The fraction of sp³-hybridized carbons (Fsp3) is 0.0400. The molecule has 4 aromatic rings. The van der Waals surface area contributed by atoms with Crippen molar-refractivity contribution in [2.24, 2.45) is 0 Å². The standard InChI is InChI=1S/C25H20N4O5S/c1-17(30)34-22-11-7-19(8-12-22)18-3-5-20(6-4-18)24(31)28-21-9-13-23(14-10-21)35(32,33)29-25-26-15-2-16-27-25/h2-16H,1H3,(H,28,31)(H,26,27,29). The van der Waals surface area contributed by atoms with Crippen LogP contribution in [0, 0.1) is 0 Å². The van der Waals surface area contributed by atoms with Crippen LogP contribution in [0.1, 0.15) is 17.3 Å². The van der Waals surface area contributed by atoms with E-state index < -0.39 is 10.0 Å². The lowest BCUT2D eigenvalue weighted by molar-refractivity contribution is -0.131. The molecule has 0 saturated heterocycles. The van der Waals surface area contributed by atoms with Crippen LogP contribution in [0.2, 0.25) is 0 Å². The molecule has 1 heterocycles. The summed E-state index contributed by atoms with van der Waals surface area (Å²) in [7, 11) is -3.86. The van der Waals surface area contributed by atoms with Crippen molar-refractivity contribution in [3.05, 3.63) is 96.8 Å². The first-order valence-corrected chi connectivity index (χ1v) is 11.9. The molecule has 1 amide bonds. The van der Waals surface area contributed by atoms with Gasteiger partial charge in [0.1, 0.15) is 5.75 Å². The highest BCUT2D eigenvalue weighted by Gasteiger charge is 2.16. The maximum absolute atomic E-state index is 12.6. The van der Waals surface area contributed by atoms with Gasteiger partial charge in [-0.2, -0.15) is 0 Å². The molecular weight excluding hydrogens is 468 g/mol. The van der Waals surface area contributed by atoms with Crippen LogP contribution in [-0.2, 0) is 14.8 Å². The number of benzene rings is 3. The summed E-state index contributed by atoms with van der Waals surface area (Å²) in [6.45, 7) is 1.34. The molecule has 35 heavy (non-hydrogen) atoms. The summed E-state index contributed by atoms with van der Waals surface area (Å²) >= 11 is 0. The van der Waals surface area contributed by atoms with E-state index >= 15 is 0 Å². The quantitative estimate of drug-likeness (QED) is 0.296. The van der Waals surface area contributed by atoms with Crippen molar-refractivity contribution >= 4 is 33.5 Å². The first kappa shape index (κ1) is 23.6. The average Bonchev–Trinajstić information content (AvgIpc) is 2.85. The van der Waals surface area contributed by atoms with E-state index in [0.29, 0.717) is 17.0 Å². The van der Waals surface area contributed by atoms with Gasteiger partial charge >= 0.3 is 5.97 Å². The Bertz CT molecular complexity index is 1440. The highest BCUT2D eigenvalue weighted by atomic mass is 32.2. The Balaban J connectivity index is 1.40. The summed E-state index contributed by atoms with van der Waals surface area (Å²) in [5.74, 6) is -0.301. The monoisotopic (exact) mass is 488 g/mol. The maximum atomic E-state index is 12.6. The number of rotatable bonds is 7. The van der Waals surface area contributed by atoms with E-state index in [-0.39, 0.29) is 22.7 Å². The van der Waals surface area contributed by atoms with Gasteiger partial charge in [-0.05, 0) is 65.7 Å². The number of nitrogens with one attached hydrogen (secondary N) is 2. The lowest BCUT2D eigenvalue weighted by Crippen LogP contribution is -2.15. The number of nitrogens with zero attached hydrogens (tertiary/aromatic N) is 2. The zero-order chi connectivity index (χ0) is 24.8. The molecule has 10 heteroatoms. The van der Waals surface area contributed by atoms with Gasteiger partial charge in [0, 0.05) is 30.6 Å². The van der Waals surface area contributed by atoms with E-state index in [2.05, 4.69) is 20.0 Å². The van der Waals surface area contributed by atoms with Crippen LogP contribution in [0.5, 0.6) is 5.75 Å². The van der Waals surface area contributed by atoms with Crippen molar-refractivity contribution in [1.82, 2.24) is 9.97 Å². The third-order valence-corrected chi connectivity index (χ3v) is 6.15. The number of amides is 1. The van der Waals surface area contributed by atoms with E-state index in [9.17, 15) is 18.0 Å². The Morgan fingerprint density at radius 3 is 1.94 bits per heavy atom. The summed E-state index contributed by atoms with van der Waals surface area (Å²) in [4.78, 5) is 31.4. The van der Waals surface area contributed by atoms with E-state index in [0.717, 1.165) is 11.1 Å². The summed E-state index contributed by atoms with van der Waals surface area (Å²) in [5, 5.41) is 2.74. The molecule has 0 atom stereocenters. The van der Waals surface area contributed by atoms with Crippen molar-refractivity contribution in [3.8, 4) is 16.9 Å². The molecule has 0 unspecified atom stereocenters. The molecule has 0 aliphatic heterocycles. The molecule has 0 radical (unpaired) electrons. The van der Waals surface area contributed by atoms with Crippen LogP contribution in [-0.4, -0.2) is 30.3 Å². The van der Waals surface area contributed by atoms with Crippen LogP contribution in [0.15, 0.2) is 96.2 Å². The van der Waals surface area contributed by atoms with Crippen molar-refractivity contribution in [2.45, 2.75) is 11.8 Å². The van der Waals surface area contributed by atoms with E-state index in [4.69, 9.17) is 4.74 Å². The second-order valence-electron chi connectivity index (χ2n) is 7.35. The molecule has 0 aliphatic carbocycles. The number of ether oxygens (including phenoxy) is 1. The fourth-order valence-electron chi connectivity index (χ4n) is 3.15. The van der Waals surface area contributed by atoms with Crippen molar-refractivity contribution in [2.75, 3.05) is 10.0 Å². The summed E-state index contributed by atoms with van der Waals surface area (Å²) in [6, 6.07) is 21.4. The predicted molar refractivity (Wildman–Crippen MR) is 130 cm³/mol. The maximum Gasteiger partial charge on any atom is 0.308 e. The molecule has 2 N–H and O–H groups in total. The Morgan fingerprint density at radius 1 is 0.800 bits per heavy atom. The van der Waals surface area contributed by atoms with Gasteiger partial charge in [0.2, 0.25) is 5.95 Å². The van der Waals surface area contributed by atoms with Crippen molar-refractivity contribution < 1.29 is 22.7 Å². The Morgan fingerprint density at radius 2 is 1.37 bits per heavy atom. The van der Waals surface area contributed by atoms with E-state index in [1.807, 2.05) is 24.3 Å². The minimum Gasteiger partial charge on any atom is -0.427 e. The summed E-state index contributed by atoms with van der Waals surface area (Å²) in [5.41, 5.74) is 2.67. The number of sulfonamides is 1. The van der Waals surface area contributed by atoms with Crippen LogP contribution >= 0.6 is 0 Å². The molecule has 3 aromatic carbocycles. The first-order valence-electron chi connectivity index (χ1n) is 10.4. The van der Waals surface area contributed by atoms with Crippen LogP contribution < -0.4 is 14.8 Å². The first-order chi connectivity index (χ1) is 16.8. The van der Waals surface area contributed by atoms with Gasteiger partial charge < -0.3 is 10.1 Å². The van der Waals surface area contributed by atoms with Gasteiger partial charge in [0.25, 0.3) is 15.9 Å². The third kappa shape index (κ3) is 6.06. The Hall–Kier alpha value is -4.57.